The Hall–Kier alpha value is 0.800. The van der Waals surface area contributed by atoms with Crippen molar-refractivity contribution in [2.24, 2.45) is 0 Å². The quantitative estimate of drug-likeness (QED) is 0.273. The second-order valence-electron chi connectivity index (χ2n) is 5.69. The van der Waals surface area contributed by atoms with E-state index in [2.05, 4.69) is 110 Å². The zero-order chi connectivity index (χ0) is 18.9. The topological polar surface area (TPSA) is 0 Å². The molecule has 0 saturated carbocycles. The Labute approximate surface area is 185 Å². The summed E-state index contributed by atoms with van der Waals surface area (Å²) in [6, 6.07) is 9.13. The molecule has 146 valence electrons. The van der Waals surface area contributed by atoms with E-state index in [0.29, 0.717) is 0 Å². The van der Waals surface area contributed by atoms with Gasteiger partial charge in [0.2, 0.25) is 0 Å². The summed E-state index contributed by atoms with van der Waals surface area (Å²) in [5.41, 5.74) is 0. The standard InChI is InChI=1S/C20H30S6/c1-5-23-19(24-6-2,17-11-9-15-21-17)13-14-20(25-7-3,26-8-4)18-12-10-16-22-18/h9-12,15-16H,5-8,13-14H2,1-4H3. The van der Waals surface area contributed by atoms with Gasteiger partial charge in [-0.05, 0) is 58.7 Å². The molecule has 0 fully saturated rings. The van der Waals surface area contributed by atoms with Crippen LogP contribution in [-0.2, 0) is 8.16 Å². The van der Waals surface area contributed by atoms with Gasteiger partial charge >= 0.3 is 0 Å². The Balaban J connectivity index is 2.33. The molecule has 6 heteroatoms. The van der Waals surface area contributed by atoms with E-state index in [0.717, 1.165) is 0 Å². The molecule has 0 unspecified atom stereocenters. The molecule has 2 aromatic rings. The lowest BCUT2D eigenvalue weighted by Crippen LogP contribution is -2.24. The lowest BCUT2D eigenvalue weighted by molar-refractivity contribution is 0.663. The van der Waals surface area contributed by atoms with Crippen LogP contribution < -0.4 is 0 Å². The minimum absolute atomic E-state index is 0.197. The van der Waals surface area contributed by atoms with Crippen LogP contribution in [0.3, 0.4) is 0 Å². The maximum atomic E-state index is 2.35. The van der Waals surface area contributed by atoms with Crippen LogP contribution in [0.25, 0.3) is 0 Å². The van der Waals surface area contributed by atoms with Crippen molar-refractivity contribution in [1.82, 2.24) is 0 Å². The minimum Gasteiger partial charge on any atom is -0.147 e. The Kier molecular flexibility index (Phi) is 10.4. The smallest absolute Gasteiger partial charge is 0.0952 e. The summed E-state index contributed by atoms with van der Waals surface area (Å²) in [6.07, 6.45) is 2.45. The normalized spacial score (nSPS) is 12.6. The number of thiophene rings is 2. The predicted octanol–water partition coefficient (Wildman–Crippen LogP) is 8.61. The summed E-state index contributed by atoms with van der Waals surface area (Å²) in [5.74, 6) is 4.66. The van der Waals surface area contributed by atoms with E-state index in [1.165, 1.54) is 35.9 Å². The summed E-state index contributed by atoms with van der Waals surface area (Å²) in [7, 11) is 0. The van der Waals surface area contributed by atoms with Crippen molar-refractivity contribution < 1.29 is 0 Å². The number of thioether (sulfide) groups is 4. The van der Waals surface area contributed by atoms with E-state index in [1.54, 1.807) is 9.75 Å². The molecule has 0 radical (unpaired) electrons. The van der Waals surface area contributed by atoms with Crippen LogP contribution in [0.4, 0.5) is 0 Å². The highest BCUT2D eigenvalue weighted by atomic mass is 32.2. The highest BCUT2D eigenvalue weighted by Gasteiger charge is 2.40. The molecule has 0 spiro atoms. The van der Waals surface area contributed by atoms with Gasteiger partial charge in [-0.3, -0.25) is 0 Å². The van der Waals surface area contributed by atoms with Crippen molar-refractivity contribution in [3.63, 3.8) is 0 Å². The van der Waals surface area contributed by atoms with Crippen LogP contribution in [0.5, 0.6) is 0 Å². The van der Waals surface area contributed by atoms with Crippen molar-refractivity contribution in [2.75, 3.05) is 23.0 Å². The van der Waals surface area contributed by atoms with Crippen molar-refractivity contribution in [2.45, 2.75) is 48.7 Å². The van der Waals surface area contributed by atoms with Gasteiger partial charge in [0.05, 0.1) is 8.16 Å². The Bertz CT molecular complexity index is 524. The Morgan fingerprint density at radius 3 is 1.23 bits per heavy atom. The van der Waals surface area contributed by atoms with E-state index in [4.69, 9.17) is 0 Å². The van der Waals surface area contributed by atoms with Gasteiger partial charge in [-0.2, -0.15) is 0 Å². The molecular weight excluding hydrogens is 433 g/mol. The minimum atomic E-state index is 0.197. The molecule has 2 heterocycles. The third-order valence-electron chi connectivity index (χ3n) is 4.09. The summed E-state index contributed by atoms with van der Waals surface area (Å²) in [4.78, 5) is 3.08. The van der Waals surface area contributed by atoms with Gasteiger partial charge in [0.15, 0.2) is 0 Å². The monoisotopic (exact) mass is 462 g/mol. The first-order chi connectivity index (χ1) is 12.7. The molecule has 0 amide bonds. The molecule has 2 rings (SSSR count). The van der Waals surface area contributed by atoms with E-state index in [-0.39, 0.29) is 8.16 Å². The maximum absolute atomic E-state index is 2.35. The van der Waals surface area contributed by atoms with Crippen LogP contribution in [-0.4, -0.2) is 23.0 Å². The van der Waals surface area contributed by atoms with E-state index in [1.807, 2.05) is 22.7 Å². The SMILES string of the molecule is CCSC(CCC(SCC)(SCC)c1cccs1)(SCC)c1cccs1. The fourth-order valence-corrected chi connectivity index (χ4v) is 11.7. The van der Waals surface area contributed by atoms with Gasteiger partial charge in [-0.25, -0.2) is 0 Å². The molecule has 0 aliphatic rings. The van der Waals surface area contributed by atoms with E-state index < -0.39 is 0 Å². The molecule has 0 saturated heterocycles. The van der Waals surface area contributed by atoms with Gasteiger partial charge in [0.1, 0.15) is 0 Å². The van der Waals surface area contributed by atoms with E-state index in [9.17, 15) is 0 Å². The Morgan fingerprint density at radius 2 is 1.00 bits per heavy atom. The summed E-state index contributed by atoms with van der Waals surface area (Å²) in [5, 5.41) is 4.48. The number of rotatable bonds is 13. The fraction of sp³-hybridized carbons (Fsp3) is 0.600. The summed E-state index contributed by atoms with van der Waals surface area (Å²) in [6.45, 7) is 9.21. The second-order valence-corrected chi connectivity index (χ2v) is 14.4. The lowest BCUT2D eigenvalue weighted by Gasteiger charge is -2.37. The van der Waals surface area contributed by atoms with Gasteiger partial charge in [-0.15, -0.1) is 69.7 Å². The zero-order valence-electron chi connectivity index (χ0n) is 16.2. The average molecular weight is 463 g/mol. The third-order valence-corrected chi connectivity index (χ3v) is 12.8. The molecule has 2 aromatic heterocycles. The molecule has 0 aromatic carbocycles. The van der Waals surface area contributed by atoms with Crippen LogP contribution in [0.1, 0.15) is 50.3 Å². The summed E-state index contributed by atoms with van der Waals surface area (Å²) >= 11 is 12.4. The van der Waals surface area contributed by atoms with Gasteiger partial charge in [0.25, 0.3) is 0 Å². The molecule has 0 atom stereocenters. The number of hydrogen-bond acceptors (Lipinski definition) is 6. The summed E-state index contributed by atoms with van der Waals surface area (Å²) < 4.78 is 0.394. The molecule has 0 nitrogen and oxygen atoms in total. The van der Waals surface area contributed by atoms with Crippen molar-refractivity contribution in [3.05, 3.63) is 44.8 Å². The highest BCUT2D eigenvalue weighted by Crippen LogP contribution is 2.58. The first kappa shape index (κ1) is 23.1. The predicted molar refractivity (Wildman–Crippen MR) is 134 cm³/mol. The highest BCUT2D eigenvalue weighted by molar-refractivity contribution is 8.18. The van der Waals surface area contributed by atoms with Crippen LogP contribution in [0, 0.1) is 0 Å². The molecule has 26 heavy (non-hydrogen) atoms. The van der Waals surface area contributed by atoms with Crippen molar-refractivity contribution >= 4 is 69.7 Å². The molecule has 0 aliphatic heterocycles. The zero-order valence-corrected chi connectivity index (χ0v) is 21.1. The van der Waals surface area contributed by atoms with Crippen molar-refractivity contribution in [3.8, 4) is 0 Å². The van der Waals surface area contributed by atoms with Gasteiger partial charge in [0, 0.05) is 9.75 Å². The maximum Gasteiger partial charge on any atom is 0.0952 e. The second kappa shape index (κ2) is 11.7. The molecule has 0 aliphatic carbocycles. The molecule has 0 N–H and O–H groups in total. The van der Waals surface area contributed by atoms with Crippen LogP contribution >= 0.6 is 69.7 Å². The number of hydrogen-bond donors (Lipinski definition) is 0. The largest absolute Gasteiger partial charge is 0.147 e. The van der Waals surface area contributed by atoms with Crippen molar-refractivity contribution in [1.29, 1.82) is 0 Å². The van der Waals surface area contributed by atoms with E-state index >= 15 is 0 Å². The average Bonchev–Trinajstić information content (AvgIpc) is 3.33. The molecular formula is C20H30S6. The third kappa shape index (κ3) is 5.66. The van der Waals surface area contributed by atoms with Crippen LogP contribution in [0.15, 0.2) is 35.0 Å². The molecule has 0 bridgehead atoms. The van der Waals surface area contributed by atoms with Gasteiger partial charge in [-0.1, -0.05) is 39.8 Å². The fourth-order valence-electron chi connectivity index (χ4n) is 3.16. The first-order valence-electron chi connectivity index (χ1n) is 9.30. The Morgan fingerprint density at radius 1 is 0.654 bits per heavy atom. The van der Waals surface area contributed by atoms with Gasteiger partial charge < -0.3 is 0 Å². The lowest BCUT2D eigenvalue weighted by atomic mass is 10.1. The first-order valence-corrected chi connectivity index (χ1v) is 15.0. The van der Waals surface area contributed by atoms with Crippen LogP contribution in [0.2, 0.25) is 0 Å².